The van der Waals surface area contributed by atoms with E-state index in [0.717, 1.165) is 30.9 Å². The zero-order chi connectivity index (χ0) is 19.2. The van der Waals surface area contributed by atoms with Gasteiger partial charge in [0.05, 0.1) is 7.11 Å². The van der Waals surface area contributed by atoms with E-state index in [9.17, 15) is 4.79 Å². The van der Waals surface area contributed by atoms with Crippen molar-refractivity contribution in [2.24, 2.45) is 0 Å². The molecule has 1 amide bonds. The summed E-state index contributed by atoms with van der Waals surface area (Å²) in [6.07, 6.45) is 2.44. The van der Waals surface area contributed by atoms with E-state index >= 15 is 0 Å². The molecule has 1 unspecified atom stereocenters. The standard InChI is InChI=1S/C20H27N5O2/c1-4-15(2)23-19-13-18(21-14-22-19)20(26)25-11-9-24(10-12-25)16-5-7-17(27-3)8-6-16/h5-8,13-15H,4,9-12H2,1-3H3,(H,21,22,23). The van der Waals surface area contributed by atoms with Gasteiger partial charge >= 0.3 is 0 Å². The van der Waals surface area contributed by atoms with Gasteiger partial charge in [-0.2, -0.15) is 0 Å². The zero-order valence-corrected chi connectivity index (χ0v) is 16.2. The van der Waals surface area contributed by atoms with Gasteiger partial charge in [-0.05, 0) is 37.6 Å². The minimum Gasteiger partial charge on any atom is -0.497 e. The van der Waals surface area contributed by atoms with Crippen LogP contribution in [-0.4, -0.2) is 60.1 Å². The van der Waals surface area contributed by atoms with E-state index < -0.39 is 0 Å². The van der Waals surface area contributed by atoms with Gasteiger partial charge in [-0.3, -0.25) is 4.79 Å². The van der Waals surface area contributed by atoms with Crippen LogP contribution in [-0.2, 0) is 0 Å². The number of nitrogens with one attached hydrogen (secondary N) is 1. The maximum atomic E-state index is 12.8. The van der Waals surface area contributed by atoms with E-state index in [1.165, 1.54) is 6.33 Å². The third-order valence-electron chi connectivity index (χ3n) is 4.90. The van der Waals surface area contributed by atoms with Gasteiger partial charge in [-0.25, -0.2) is 9.97 Å². The molecule has 1 aromatic heterocycles. The van der Waals surface area contributed by atoms with Crippen LogP contribution in [0.3, 0.4) is 0 Å². The van der Waals surface area contributed by atoms with E-state index in [0.29, 0.717) is 30.6 Å². The summed E-state index contributed by atoms with van der Waals surface area (Å²) in [7, 11) is 1.66. The highest BCUT2D eigenvalue weighted by Crippen LogP contribution is 2.21. The number of benzene rings is 1. The van der Waals surface area contributed by atoms with E-state index in [-0.39, 0.29) is 5.91 Å². The lowest BCUT2D eigenvalue weighted by molar-refractivity contribution is 0.0740. The highest BCUT2D eigenvalue weighted by Gasteiger charge is 2.23. The molecule has 7 nitrogen and oxygen atoms in total. The predicted octanol–water partition coefficient (Wildman–Crippen LogP) is 2.66. The molecule has 1 atom stereocenters. The third-order valence-corrected chi connectivity index (χ3v) is 4.90. The van der Waals surface area contributed by atoms with Gasteiger partial charge in [0, 0.05) is 44.0 Å². The molecule has 1 aliphatic rings. The molecule has 1 aromatic carbocycles. The first-order chi connectivity index (χ1) is 13.1. The van der Waals surface area contributed by atoms with Gasteiger partial charge < -0.3 is 19.9 Å². The lowest BCUT2D eigenvalue weighted by atomic mass is 10.2. The zero-order valence-electron chi connectivity index (χ0n) is 16.2. The summed E-state index contributed by atoms with van der Waals surface area (Å²) in [4.78, 5) is 25.3. The summed E-state index contributed by atoms with van der Waals surface area (Å²) in [5, 5.41) is 3.29. The van der Waals surface area contributed by atoms with E-state index in [2.05, 4.69) is 34.0 Å². The SMILES string of the molecule is CCC(C)Nc1cc(C(=O)N2CCN(c3ccc(OC)cc3)CC2)ncn1. The lowest BCUT2D eigenvalue weighted by Crippen LogP contribution is -2.49. The van der Waals surface area contributed by atoms with Crippen molar-refractivity contribution in [3.8, 4) is 5.75 Å². The molecule has 27 heavy (non-hydrogen) atoms. The van der Waals surface area contributed by atoms with Crippen LogP contribution < -0.4 is 15.0 Å². The normalized spacial score (nSPS) is 15.4. The van der Waals surface area contributed by atoms with E-state index in [1.54, 1.807) is 13.2 Å². The first-order valence-electron chi connectivity index (χ1n) is 9.37. The molecule has 1 aliphatic heterocycles. The molecule has 0 radical (unpaired) electrons. The Labute approximate surface area is 160 Å². The number of amides is 1. The second kappa shape index (κ2) is 8.70. The topological polar surface area (TPSA) is 70.6 Å². The summed E-state index contributed by atoms with van der Waals surface area (Å²) in [6.45, 7) is 7.11. The molecule has 3 rings (SSSR count). The van der Waals surface area contributed by atoms with Crippen molar-refractivity contribution < 1.29 is 9.53 Å². The summed E-state index contributed by atoms with van der Waals surface area (Å²) >= 11 is 0. The third kappa shape index (κ3) is 4.67. The fourth-order valence-electron chi connectivity index (χ4n) is 3.03. The minimum absolute atomic E-state index is 0.0426. The maximum absolute atomic E-state index is 12.8. The highest BCUT2D eigenvalue weighted by atomic mass is 16.5. The molecule has 2 aromatic rings. The van der Waals surface area contributed by atoms with Crippen LogP contribution in [0.15, 0.2) is 36.7 Å². The number of aromatic nitrogens is 2. The summed E-state index contributed by atoms with van der Waals surface area (Å²) in [5.74, 6) is 1.50. The molecular weight excluding hydrogens is 342 g/mol. The Balaban J connectivity index is 1.60. The van der Waals surface area contributed by atoms with Gasteiger partial charge in [0.2, 0.25) is 0 Å². The highest BCUT2D eigenvalue weighted by molar-refractivity contribution is 5.93. The Hall–Kier alpha value is -2.83. The molecule has 0 saturated carbocycles. The van der Waals surface area contributed by atoms with Gasteiger partial charge in [-0.15, -0.1) is 0 Å². The number of hydrogen-bond donors (Lipinski definition) is 1. The number of hydrogen-bond acceptors (Lipinski definition) is 6. The van der Waals surface area contributed by atoms with Crippen molar-refractivity contribution in [2.75, 3.05) is 43.5 Å². The van der Waals surface area contributed by atoms with Crippen molar-refractivity contribution in [3.63, 3.8) is 0 Å². The Morgan fingerprint density at radius 2 is 1.89 bits per heavy atom. The number of rotatable bonds is 6. The fourth-order valence-corrected chi connectivity index (χ4v) is 3.03. The Bertz CT molecular complexity index is 757. The van der Waals surface area contributed by atoms with Crippen molar-refractivity contribution in [1.82, 2.24) is 14.9 Å². The van der Waals surface area contributed by atoms with Crippen LogP contribution in [0.4, 0.5) is 11.5 Å². The lowest BCUT2D eigenvalue weighted by Gasteiger charge is -2.36. The molecule has 0 aliphatic carbocycles. The molecule has 7 heteroatoms. The van der Waals surface area contributed by atoms with E-state index in [4.69, 9.17) is 4.74 Å². The monoisotopic (exact) mass is 369 g/mol. The van der Waals surface area contributed by atoms with Crippen LogP contribution in [0, 0.1) is 0 Å². The number of methoxy groups -OCH3 is 1. The summed E-state index contributed by atoms with van der Waals surface area (Å²) in [5.41, 5.74) is 1.58. The van der Waals surface area contributed by atoms with Gasteiger partial charge in [0.15, 0.2) is 0 Å². The summed E-state index contributed by atoms with van der Waals surface area (Å²) in [6, 6.07) is 10.1. The smallest absolute Gasteiger partial charge is 0.272 e. The van der Waals surface area contributed by atoms with Gasteiger partial charge in [-0.1, -0.05) is 6.92 Å². The van der Waals surface area contributed by atoms with Crippen LogP contribution in [0.2, 0.25) is 0 Å². The Kier molecular flexibility index (Phi) is 6.11. The van der Waals surface area contributed by atoms with Crippen LogP contribution in [0.1, 0.15) is 30.8 Å². The molecular formula is C20H27N5O2. The molecule has 1 saturated heterocycles. The van der Waals surface area contributed by atoms with E-state index in [1.807, 2.05) is 29.2 Å². The summed E-state index contributed by atoms with van der Waals surface area (Å²) < 4.78 is 5.21. The second-order valence-corrected chi connectivity index (χ2v) is 6.72. The number of nitrogens with zero attached hydrogens (tertiary/aromatic N) is 4. The minimum atomic E-state index is -0.0426. The number of carbonyl (C=O) groups is 1. The first-order valence-corrected chi connectivity index (χ1v) is 9.37. The Morgan fingerprint density at radius 3 is 2.52 bits per heavy atom. The van der Waals surface area contributed by atoms with Gasteiger partial charge in [0.25, 0.3) is 5.91 Å². The number of ether oxygens (including phenoxy) is 1. The molecule has 144 valence electrons. The molecule has 2 heterocycles. The predicted molar refractivity (Wildman–Crippen MR) is 107 cm³/mol. The molecule has 0 bridgehead atoms. The average Bonchev–Trinajstić information content (AvgIpc) is 2.73. The number of anilines is 2. The van der Waals surface area contributed by atoms with Crippen molar-refractivity contribution in [1.29, 1.82) is 0 Å². The quantitative estimate of drug-likeness (QED) is 0.844. The molecule has 1 N–H and O–H groups in total. The van der Waals surface area contributed by atoms with Crippen LogP contribution in [0.25, 0.3) is 0 Å². The number of carbonyl (C=O) groups excluding carboxylic acids is 1. The first kappa shape index (κ1) is 18.9. The largest absolute Gasteiger partial charge is 0.497 e. The Morgan fingerprint density at radius 1 is 1.19 bits per heavy atom. The van der Waals surface area contributed by atoms with Crippen molar-refractivity contribution in [3.05, 3.63) is 42.4 Å². The van der Waals surface area contributed by atoms with Crippen molar-refractivity contribution >= 4 is 17.4 Å². The van der Waals surface area contributed by atoms with Gasteiger partial charge in [0.1, 0.15) is 23.6 Å². The van der Waals surface area contributed by atoms with Crippen molar-refractivity contribution in [2.45, 2.75) is 26.3 Å². The van der Waals surface area contributed by atoms with Crippen LogP contribution >= 0.6 is 0 Å². The maximum Gasteiger partial charge on any atom is 0.272 e. The molecule has 1 fully saturated rings. The average molecular weight is 369 g/mol. The van der Waals surface area contributed by atoms with Crippen LogP contribution in [0.5, 0.6) is 5.75 Å². The molecule has 0 spiro atoms. The number of piperazine rings is 1. The fraction of sp³-hybridized carbons (Fsp3) is 0.450. The second-order valence-electron chi connectivity index (χ2n) is 6.72.